The lowest BCUT2D eigenvalue weighted by atomic mass is 9.77. The zero-order valence-electron chi connectivity index (χ0n) is 11.5. The van der Waals surface area contributed by atoms with Crippen LogP contribution in [0.25, 0.3) is 0 Å². The fourth-order valence-electron chi connectivity index (χ4n) is 1.88. The smallest absolute Gasteiger partial charge is 0.321 e. The molecule has 0 saturated carbocycles. The number of hydrogen-bond donors (Lipinski definition) is 4. The van der Waals surface area contributed by atoms with E-state index in [4.69, 9.17) is 0 Å². The molecular formula is C13H24O6. The van der Waals surface area contributed by atoms with Crippen LogP contribution >= 0.6 is 0 Å². The lowest BCUT2D eigenvalue weighted by molar-refractivity contribution is -0.166. The molecule has 0 aliphatic carbocycles. The highest BCUT2D eigenvalue weighted by atomic mass is 16.4. The monoisotopic (exact) mass is 276 g/mol. The van der Waals surface area contributed by atoms with Gasteiger partial charge in [-0.2, -0.15) is 0 Å². The third-order valence-corrected chi connectivity index (χ3v) is 3.57. The first-order valence-corrected chi connectivity index (χ1v) is 6.63. The number of aliphatic hydroxyl groups is 2. The van der Waals surface area contributed by atoms with Gasteiger partial charge in [-0.3, -0.25) is 9.59 Å². The molecule has 0 fully saturated rings. The zero-order chi connectivity index (χ0) is 15.1. The predicted molar refractivity (Wildman–Crippen MR) is 68.8 cm³/mol. The molecule has 0 radical (unpaired) electrons. The summed E-state index contributed by atoms with van der Waals surface area (Å²) in [5.41, 5.74) is -1.92. The molecule has 0 heterocycles. The van der Waals surface area contributed by atoms with Crippen LogP contribution in [0.15, 0.2) is 0 Å². The summed E-state index contributed by atoms with van der Waals surface area (Å²) in [7, 11) is 0. The van der Waals surface area contributed by atoms with Gasteiger partial charge in [-0.05, 0) is 38.5 Å². The number of carboxylic acid groups (broad SMARTS) is 2. The summed E-state index contributed by atoms with van der Waals surface area (Å²) < 4.78 is 0. The largest absolute Gasteiger partial charge is 0.480 e. The van der Waals surface area contributed by atoms with Gasteiger partial charge in [-0.15, -0.1) is 0 Å². The first-order chi connectivity index (χ1) is 8.80. The summed E-state index contributed by atoms with van der Waals surface area (Å²) in [6.07, 6.45) is -0.524. The summed E-state index contributed by atoms with van der Waals surface area (Å²) in [5, 5.41) is 37.4. The van der Waals surface area contributed by atoms with E-state index >= 15 is 0 Å². The third kappa shape index (κ3) is 5.16. The molecule has 2 atom stereocenters. The quantitative estimate of drug-likeness (QED) is 0.446. The molecule has 0 spiro atoms. The molecule has 4 N–H and O–H groups in total. The van der Waals surface area contributed by atoms with E-state index in [1.54, 1.807) is 13.8 Å². The molecule has 0 aliphatic rings. The maximum Gasteiger partial charge on any atom is 0.321 e. The van der Waals surface area contributed by atoms with Crippen molar-refractivity contribution in [3.05, 3.63) is 0 Å². The number of carboxylic acids is 2. The minimum absolute atomic E-state index is 0.122. The van der Waals surface area contributed by atoms with Crippen molar-refractivity contribution < 1.29 is 30.0 Å². The third-order valence-electron chi connectivity index (χ3n) is 3.57. The lowest BCUT2D eigenvalue weighted by Crippen LogP contribution is -2.40. The highest BCUT2D eigenvalue weighted by molar-refractivity contribution is 5.98. The number of aliphatic hydroxyl groups excluding tert-OH is 2. The van der Waals surface area contributed by atoms with Crippen LogP contribution in [0, 0.1) is 5.41 Å². The summed E-state index contributed by atoms with van der Waals surface area (Å²) in [6, 6.07) is 0. The van der Waals surface area contributed by atoms with Crippen molar-refractivity contribution in [1.29, 1.82) is 0 Å². The van der Waals surface area contributed by atoms with Crippen LogP contribution in [0.2, 0.25) is 0 Å². The van der Waals surface area contributed by atoms with Crippen molar-refractivity contribution in [2.75, 3.05) is 0 Å². The average Bonchev–Trinajstić information content (AvgIpc) is 2.37. The minimum Gasteiger partial charge on any atom is -0.480 e. The Morgan fingerprint density at radius 1 is 0.895 bits per heavy atom. The van der Waals surface area contributed by atoms with Crippen LogP contribution in [0.1, 0.15) is 52.4 Å². The molecule has 0 rings (SSSR count). The Bertz CT molecular complexity index is 272. The van der Waals surface area contributed by atoms with Gasteiger partial charge in [-0.1, -0.05) is 13.8 Å². The van der Waals surface area contributed by atoms with Crippen molar-refractivity contribution in [3.8, 4) is 0 Å². The van der Waals surface area contributed by atoms with E-state index in [2.05, 4.69) is 0 Å². The van der Waals surface area contributed by atoms with Gasteiger partial charge >= 0.3 is 11.9 Å². The van der Waals surface area contributed by atoms with Gasteiger partial charge < -0.3 is 20.4 Å². The fourth-order valence-corrected chi connectivity index (χ4v) is 1.88. The Morgan fingerprint density at radius 3 is 1.42 bits per heavy atom. The second-order valence-corrected chi connectivity index (χ2v) is 4.89. The van der Waals surface area contributed by atoms with Crippen molar-refractivity contribution in [3.63, 3.8) is 0 Å². The second-order valence-electron chi connectivity index (χ2n) is 4.89. The van der Waals surface area contributed by atoms with E-state index in [1.165, 1.54) is 0 Å². The minimum atomic E-state index is -1.92. The molecule has 6 heteroatoms. The first-order valence-electron chi connectivity index (χ1n) is 6.63. The molecule has 0 amide bonds. The molecule has 19 heavy (non-hydrogen) atoms. The van der Waals surface area contributed by atoms with Crippen molar-refractivity contribution in [1.82, 2.24) is 0 Å². The fraction of sp³-hybridized carbons (Fsp3) is 0.846. The summed E-state index contributed by atoms with van der Waals surface area (Å²) >= 11 is 0. The standard InChI is InChI=1S/C13H24O6/c1-3-9(14)5-7-13(11(16)17,12(18)19)8-6-10(15)4-2/h9-10,14-15H,3-8H2,1-2H3,(H,16,17)(H,18,19). The van der Waals surface area contributed by atoms with Crippen LogP contribution in [-0.2, 0) is 9.59 Å². The van der Waals surface area contributed by atoms with E-state index in [0.717, 1.165) is 0 Å². The second kappa shape index (κ2) is 8.12. The van der Waals surface area contributed by atoms with Gasteiger partial charge in [0.15, 0.2) is 5.41 Å². The predicted octanol–water partition coefficient (Wildman–Crippen LogP) is 1.24. The molecule has 0 saturated heterocycles. The topological polar surface area (TPSA) is 115 Å². The van der Waals surface area contributed by atoms with Crippen LogP contribution in [0.3, 0.4) is 0 Å². The number of carbonyl (C=O) groups is 2. The average molecular weight is 276 g/mol. The van der Waals surface area contributed by atoms with Gasteiger partial charge in [0.1, 0.15) is 0 Å². The highest BCUT2D eigenvalue weighted by Gasteiger charge is 2.46. The van der Waals surface area contributed by atoms with Crippen molar-refractivity contribution in [2.24, 2.45) is 5.41 Å². The van der Waals surface area contributed by atoms with Gasteiger partial charge in [0.05, 0.1) is 12.2 Å². The number of aliphatic carboxylic acids is 2. The Morgan fingerprint density at radius 2 is 1.21 bits per heavy atom. The summed E-state index contributed by atoms with van der Waals surface area (Å²) in [5.74, 6) is -2.82. The molecule has 112 valence electrons. The van der Waals surface area contributed by atoms with Gasteiger partial charge in [0.2, 0.25) is 0 Å². The maximum absolute atomic E-state index is 11.3. The van der Waals surface area contributed by atoms with Crippen LogP contribution in [0.5, 0.6) is 0 Å². The lowest BCUT2D eigenvalue weighted by Gasteiger charge is -2.26. The molecule has 6 nitrogen and oxygen atoms in total. The van der Waals surface area contributed by atoms with E-state index < -0.39 is 29.6 Å². The Hall–Kier alpha value is -1.14. The van der Waals surface area contributed by atoms with Gasteiger partial charge in [0, 0.05) is 0 Å². The Kier molecular flexibility index (Phi) is 7.63. The zero-order valence-corrected chi connectivity index (χ0v) is 11.5. The highest BCUT2D eigenvalue weighted by Crippen LogP contribution is 2.32. The number of hydrogen-bond acceptors (Lipinski definition) is 4. The van der Waals surface area contributed by atoms with Crippen molar-refractivity contribution >= 4 is 11.9 Å². The van der Waals surface area contributed by atoms with Crippen LogP contribution in [-0.4, -0.2) is 44.6 Å². The van der Waals surface area contributed by atoms with E-state index in [9.17, 15) is 30.0 Å². The Labute approximate surface area is 113 Å². The van der Waals surface area contributed by atoms with E-state index in [-0.39, 0.29) is 25.7 Å². The Balaban J connectivity index is 4.88. The van der Waals surface area contributed by atoms with E-state index in [0.29, 0.717) is 12.8 Å². The molecule has 2 unspecified atom stereocenters. The SMILES string of the molecule is CCC(O)CCC(CCC(O)CC)(C(=O)O)C(=O)O. The number of rotatable bonds is 10. The maximum atomic E-state index is 11.3. The van der Waals surface area contributed by atoms with Crippen LogP contribution in [0.4, 0.5) is 0 Å². The van der Waals surface area contributed by atoms with Gasteiger partial charge in [0.25, 0.3) is 0 Å². The first kappa shape index (κ1) is 17.9. The molecule has 0 aliphatic heterocycles. The summed E-state index contributed by atoms with van der Waals surface area (Å²) in [6.45, 7) is 3.49. The molecular weight excluding hydrogens is 252 g/mol. The normalized spacial score (nSPS) is 14.9. The summed E-state index contributed by atoms with van der Waals surface area (Å²) in [4.78, 5) is 22.6. The molecule has 0 aromatic heterocycles. The van der Waals surface area contributed by atoms with Gasteiger partial charge in [-0.25, -0.2) is 0 Å². The van der Waals surface area contributed by atoms with Crippen LogP contribution < -0.4 is 0 Å². The molecule has 0 bridgehead atoms. The molecule has 0 aromatic rings. The molecule has 0 aromatic carbocycles. The van der Waals surface area contributed by atoms with E-state index in [1.807, 2.05) is 0 Å². The van der Waals surface area contributed by atoms with Crippen molar-refractivity contribution in [2.45, 2.75) is 64.6 Å².